The van der Waals surface area contributed by atoms with Gasteiger partial charge in [0.1, 0.15) is 6.29 Å². The summed E-state index contributed by atoms with van der Waals surface area (Å²) in [5, 5.41) is 6.95. The average molecular weight is 382 g/mol. The van der Waals surface area contributed by atoms with Crippen LogP contribution in [0.3, 0.4) is 0 Å². The zero-order chi connectivity index (χ0) is 19.6. The highest BCUT2D eigenvalue weighted by Crippen LogP contribution is 2.28. The van der Waals surface area contributed by atoms with Crippen LogP contribution in [0, 0.1) is 26.7 Å². The van der Waals surface area contributed by atoms with E-state index in [0.29, 0.717) is 12.1 Å². The molecule has 6 heteroatoms. The second-order valence-electron chi connectivity index (χ2n) is 6.92. The van der Waals surface area contributed by atoms with Crippen LogP contribution in [0.25, 0.3) is 10.2 Å². The monoisotopic (exact) mass is 381 g/mol. The number of fused-ring (bicyclic) bond motifs is 1. The molecule has 140 valence electrons. The van der Waals surface area contributed by atoms with Crippen molar-refractivity contribution in [3.63, 3.8) is 0 Å². The summed E-state index contributed by atoms with van der Waals surface area (Å²) in [5.41, 5.74) is 5.57. The van der Waals surface area contributed by atoms with Crippen LogP contribution >= 0.6 is 11.3 Å². The first-order chi connectivity index (χ1) is 12.9. The van der Waals surface area contributed by atoms with Gasteiger partial charge >= 0.3 is 0 Å². The molecule has 3 rings (SSSR count). The molecule has 27 heavy (non-hydrogen) atoms. The normalized spacial score (nSPS) is 12.0. The van der Waals surface area contributed by atoms with E-state index in [9.17, 15) is 9.59 Å². The highest BCUT2D eigenvalue weighted by Gasteiger charge is 2.13. The summed E-state index contributed by atoms with van der Waals surface area (Å²) in [6.07, 6.45) is 0.914. The average Bonchev–Trinajstić information content (AvgIpc) is 3.04. The third-order valence-corrected chi connectivity index (χ3v) is 5.35. The van der Waals surface area contributed by atoms with Crippen LogP contribution in [-0.2, 0) is 4.79 Å². The Kier molecular flexibility index (Phi) is 5.56. The molecule has 1 aromatic heterocycles. The van der Waals surface area contributed by atoms with Crippen molar-refractivity contribution in [1.29, 1.82) is 0 Å². The second kappa shape index (κ2) is 7.88. The predicted octanol–water partition coefficient (Wildman–Crippen LogP) is 4.72. The largest absolute Gasteiger partial charge is 0.361 e. The molecule has 0 spiro atoms. The number of carbonyl (C=O) groups is 2. The number of aryl methyl sites for hydroxylation is 3. The number of anilines is 2. The second-order valence-corrected chi connectivity index (χ2v) is 7.95. The third kappa shape index (κ3) is 4.34. The number of rotatable bonds is 6. The number of hydrogen-bond donors (Lipinski definition) is 2. The Morgan fingerprint density at radius 3 is 2.56 bits per heavy atom. The smallest absolute Gasteiger partial charge is 0.255 e. The zero-order valence-electron chi connectivity index (χ0n) is 15.9. The number of amides is 1. The molecule has 0 fully saturated rings. The third-order valence-electron chi connectivity index (χ3n) is 4.37. The summed E-state index contributed by atoms with van der Waals surface area (Å²) in [6, 6.07) is 9.62. The van der Waals surface area contributed by atoms with Crippen LogP contribution in [0.5, 0.6) is 0 Å². The molecule has 5 nitrogen and oxygen atoms in total. The summed E-state index contributed by atoms with van der Waals surface area (Å²) in [7, 11) is 0. The van der Waals surface area contributed by atoms with Gasteiger partial charge in [0.25, 0.3) is 5.91 Å². The number of thiazole rings is 1. The van der Waals surface area contributed by atoms with E-state index in [1.54, 1.807) is 6.07 Å². The molecule has 2 N–H and O–H groups in total. The molecule has 0 aliphatic carbocycles. The fraction of sp³-hybridized carbons (Fsp3) is 0.286. The van der Waals surface area contributed by atoms with E-state index in [1.165, 1.54) is 16.9 Å². The van der Waals surface area contributed by atoms with Crippen LogP contribution in [0.15, 0.2) is 30.3 Å². The van der Waals surface area contributed by atoms with Crippen molar-refractivity contribution in [3.8, 4) is 0 Å². The van der Waals surface area contributed by atoms with Crippen molar-refractivity contribution in [3.05, 3.63) is 52.6 Å². The van der Waals surface area contributed by atoms with E-state index >= 15 is 0 Å². The van der Waals surface area contributed by atoms with Gasteiger partial charge in [-0.25, -0.2) is 4.98 Å². The molecule has 0 aliphatic heterocycles. The molecule has 1 heterocycles. The molecule has 2 aromatic carbocycles. The highest BCUT2D eigenvalue weighted by molar-refractivity contribution is 7.22. The van der Waals surface area contributed by atoms with Crippen LogP contribution in [0.4, 0.5) is 10.8 Å². The molecule has 1 amide bonds. The minimum atomic E-state index is -0.135. The fourth-order valence-electron chi connectivity index (χ4n) is 3.00. The van der Waals surface area contributed by atoms with E-state index in [1.807, 2.05) is 39.8 Å². The fourth-order valence-corrected chi connectivity index (χ4v) is 3.91. The Labute approximate surface area is 162 Å². The molecular formula is C21H23N3O2S. The number of nitrogens with zero attached hydrogens (tertiary/aromatic N) is 1. The Morgan fingerprint density at radius 2 is 1.89 bits per heavy atom. The van der Waals surface area contributed by atoms with Crippen LogP contribution < -0.4 is 10.6 Å². The van der Waals surface area contributed by atoms with Gasteiger partial charge in [-0.15, -0.1) is 0 Å². The Bertz CT molecular complexity index is 987. The first-order valence-electron chi connectivity index (χ1n) is 8.86. The van der Waals surface area contributed by atoms with E-state index in [2.05, 4.69) is 27.8 Å². The quantitative estimate of drug-likeness (QED) is 0.606. The van der Waals surface area contributed by atoms with Crippen molar-refractivity contribution in [2.75, 3.05) is 17.2 Å². The number of aldehydes is 1. The molecule has 0 bridgehead atoms. The zero-order valence-corrected chi connectivity index (χ0v) is 16.7. The SMILES string of the molecule is Cc1cc(C)c(NC(=O)c2ccc3nc(NCC(C)C=O)sc3c2)c(C)c1. The van der Waals surface area contributed by atoms with Crippen molar-refractivity contribution >= 4 is 44.6 Å². The van der Waals surface area contributed by atoms with Gasteiger partial charge in [0, 0.05) is 23.7 Å². The summed E-state index contributed by atoms with van der Waals surface area (Å²) >= 11 is 1.48. The van der Waals surface area contributed by atoms with Crippen molar-refractivity contribution in [1.82, 2.24) is 4.98 Å². The standard InChI is InChI=1S/C21H23N3O2S/c1-12-7-14(3)19(15(4)8-12)24-20(26)16-5-6-17-18(9-16)27-21(23-17)22-10-13(2)11-25/h5-9,11,13H,10H2,1-4H3,(H,22,23)(H,24,26). The topological polar surface area (TPSA) is 71.1 Å². The summed E-state index contributed by atoms with van der Waals surface area (Å²) in [6.45, 7) is 8.44. The summed E-state index contributed by atoms with van der Waals surface area (Å²) in [5.74, 6) is -0.205. The Morgan fingerprint density at radius 1 is 1.19 bits per heavy atom. The van der Waals surface area contributed by atoms with Crippen molar-refractivity contribution in [2.45, 2.75) is 27.7 Å². The van der Waals surface area contributed by atoms with Gasteiger partial charge in [0.15, 0.2) is 5.13 Å². The molecule has 0 radical (unpaired) electrons. The van der Waals surface area contributed by atoms with Crippen molar-refractivity contribution < 1.29 is 9.59 Å². The number of benzene rings is 2. The van der Waals surface area contributed by atoms with E-state index < -0.39 is 0 Å². The van der Waals surface area contributed by atoms with Gasteiger partial charge < -0.3 is 15.4 Å². The minimum absolute atomic E-state index is 0.0701. The maximum atomic E-state index is 12.7. The van der Waals surface area contributed by atoms with Gasteiger partial charge in [-0.3, -0.25) is 4.79 Å². The summed E-state index contributed by atoms with van der Waals surface area (Å²) in [4.78, 5) is 28.0. The Hall–Kier alpha value is -2.73. The predicted molar refractivity (Wildman–Crippen MR) is 112 cm³/mol. The van der Waals surface area contributed by atoms with E-state index in [4.69, 9.17) is 0 Å². The molecule has 0 aliphatic rings. The number of carbonyl (C=O) groups excluding carboxylic acids is 2. The maximum absolute atomic E-state index is 12.7. The molecule has 1 unspecified atom stereocenters. The number of hydrogen-bond acceptors (Lipinski definition) is 5. The molecule has 0 saturated carbocycles. The van der Waals surface area contributed by atoms with Gasteiger partial charge in [-0.05, 0) is 50.1 Å². The summed E-state index contributed by atoms with van der Waals surface area (Å²) < 4.78 is 0.932. The maximum Gasteiger partial charge on any atom is 0.255 e. The number of aromatic nitrogens is 1. The van der Waals surface area contributed by atoms with E-state index in [-0.39, 0.29) is 11.8 Å². The highest BCUT2D eigenvalue weighted by atomic mass is 32.1. The lowest BCUT2D eigenvalue weighted by Gasteiger charge is -2.12. The van der Waals surface area contributed by atoms with Crippen molar-refractivity contribution in [2.24, 2.45) is 5.92 Å². The lowest BCUT2D eigenvalue weighted by atomic mass is 10.0. The first kappa shape index (κ1) is 19.0. The Balaban J connectivity index is 1.80. The van der Waals surface area contributed by atoms with Gasteiger partial charge in [0.05, 0.1) is 10.2 Å². The minimum Gasteiger partial charge on any atom is -0.361 e. The first-order valence-corrected chi connectivity index (χ1v) is 9.68. The number of nitrogens with one attached hydrogen (secondary N) is 2. The van der Waals surface area contributed by atoms with Crippen LogP contribution in [0.2, 0.25) is 0 Å². The lowest BCUT2D eigenvalue weighted by Crippen LogP contribution is -2.13. The molecular weight excluding hydrogens is 358 g/mol. The van der Waals surface area contributed by atoms with Gasteiger partial charge in [0.2, 0.25) is 0 Å². The van der Waals surface area contributed by atoms with Crippen LogP contribution in [0.1, 0.15) is 34.0 Å². The van der Waals surface area contributed by atoms with Gasteiger partial charge in [-0.1, -0.05) is 36.0 Å². The van der Waals surface area contributed by atoms with E-state index in [0.717, 1.165) is 38.4 Å². The lowest BCUT2D eigenvalue weighted by molar-refractivity contribution is -0.110. The van der Waals surface area contributed by atoms with Crippen LogP contribution in [-0.4, -0.2) is 23.7 Å². The molecule has 1 atom stereocenters. The molecule has 3 aromatic rings. The van der Waals surface area contributed by atoms with Gasteiger partial charge in [-0.2, -0.15) is 0 Å². The molecule has 0 saturated heterocycles.